The number of aromatic nitrogens is 2. The lowest BCUT2D eigenvalue weighted by molar-refractivity contribution is -0.134. The summed E-state index contributed by atoms with van der Waals surface area (Å²) in [5, 5.41) is 0. The maximum Gasteiger partial charge on any atom is 0.328 e. The summed E-state index contributed by atoms with van der Waals surface area (Å²) in [7, 11) is 1.39. The minimum absolute atomic E-state index is 0.00392. The molecule has 1 aliphatic heterocycles. The van der Waals surface area contributed by atoms with Crippen molar-refractivity contribution in [1.29, 1.82) is 0 Å². The normalized spacial score (nSPS) is 18.5. The fourth-order valence-corrected chi connectivity index (χ4v) is 2.60. The Kier molecular flexibility index (Phi) is 5.54. The molecule has 7 heteroatoms. The third-order valence-electron chi connectivity index (χ3n) is 3.88. The van der Waals surface area contributed by atoms with Gasteiger partial charge in [-0.2, -0.15) is 0 Å². The zero-order valence-electron chi connectivity index (χ0n) is 13.1. The van der Waals surface area contributed by atoms with E-state index in [0.717, 1.165) is 23.8 Å². The van der Waals surface area contributed by atoms with Crippen LogP contribution in [0.2, 0.25) is 0 Å². The number of nitrogens with zero attached hydrogens (tertiary/aromatic N) is 2. The number of hydrogen-bond donors (Lipinski definition) is 1. The SMILES string of the molecule is CCCO[C@H]1CCCN(C(=O)Cc2c[nH]c(=O)n(C)c2=O)C1. The summed E-state index contributed by atoms with van der Waals surface area (Å²) < 4.78 is 6.69. The van der Waals surface area contributed by atoms with Crippen LogP contribution in [-0.4, -0.2) is 46.2 Å². The molecule has 0 saturated carbocycles. The lowest BCUT2D eigenvalue weighted by atomic mass is 10.1. The van der Waals surface area contributed by atoms with Gasteiger partial charge in [-0.1, -0.05) is 6.92 Å². The van der Waals surface area contributed by atoms with Crippen LogP contribution in [0, 0.1) is 0 Å². The fraction of sp³-hybridized carbons (Fsp3) is 0.667. The predicted octanol–water partition coefficient (Wildman–Crippen LogP) is 0.0337. The molecule has 122 valence electrons. The van der Waals surface area contributed by atoms with Crippen molar-refractivity contribution in [2.45, 2.75) is 38.7 Å². The Morgan fingerprint density at radius 3 is 2.95 bits per heavy atom. The highest BCUT2D eigenvalue weighted by Crippen LogP contribution is 2.14. The molecule has 1 aromatic rings. The van der Waals surface area contributed by atoms with Gasteiger partial charge in [0.1, 0.15) is 0 Å². The highest BCUT2D eigenvalue weighted by Gasteiger charge is 2.24. The van der Waals surface area contributed by atoms with Crippen molar-refractivity contribution in [2.75, 3.05) is 19.7 Å². The molecule has 0 radical (unpaired) electrons. The number of hydrogen-bond acceptors (Lipinski definition) is 4. The number of ether oxygens (including phenoxy) is 1. The lowest BCUT2D eigenvalue weighted by Gasteiger charge is -2.32. The van der Waals surface area contributed by atoms with Gasteiger partial charge in [-0.25, -0.2) is 4.79 Å². The number of aromatic amines is 1. The van der Waals surface area contributed by atoms with Gasteiger partial charge in [0.2, 0.25) is 5.91 Å². The van der Waals surface area contributed by atoms with Crippen molar-refractivity contribution < 1.29 is 9.53 Å². The summed E-state index contributed by atoms with van der Waals surface area (Å²) in [5.74, 6) is -0.103. The van der Waals surface area contributed by atoms with Crippen LogP contribution in [0.1, 0.15) is 31.7 Å². The third kappa shape index (κ3) is 3.85. The number of rotatable bonds is 5. The Morgan fingerprint density at radius 2 is 2.23 bits per heavy atom. The van der Waals surface area contributed by atoms with Crippen LogP contribution < -0.4 is 11.2 Å². The first-order valence-corrected chi connectivity index (χ1v) is 7.70. The molecule has 1 saturated heterocycles. The molecule has 2 rings (SSSR count). The van der Waals surface area contributed by atoms with Crippen LogP contribution in [0.4, 0.5) is 0 Å². The number of H-pyrrole nitrogens is 1. The first-order valence-electron chi connectivity index (χ1n) is 7.70. The van der Waals surface area contributed by atoms with Gasteiger partial charge in [0.25, 0.3) is 5.56 Å². The van der Waals surface area contributed by atoms with E-state index >= 15 is 0 Å². The van der Waals surface area contributed by atoms with Crippen LogP contribution in [0.5, 0.6) is 0 Å². The second-order valence-electron chi connectivity index (χ2n) is 5.63. The zero-order chi connectivity index (χ0) is 16.1. The summed E-state index contributed by atoms with van der Waals surface area (Å²) in [6.07, 6.45) is 4.24. The smallest absolute Gasteiger partial charge is 0.328 e. The predicted molar refractivity (Wildman–Crippen MR) is 81.9 cm³/mol. The van der Waals surface area contributed by atoms with E-state index in [4.69, 9.17) is 4.74 Å². The maximum atomic E-state index is 12.4. The largest absolute Gasteiger partial charge is 0.376 e. The molecule has 22 heavy (non-hydrogen) atoms. The molecule has 0 unspecified atom stereocenters. The topological polar surface area (TPSA) is 84.4 Å². The molecule has 1 amide bonds. The first kappa shape index (κ1) is 16.5. The summed E-state index contributed by atoms with van der Waals surface area (Å²) in [6.45, 7) is 4.02. The van der Waals surface area contributed by atoms with Gasteiger partial charge in [0, 0.05) is 38.5 Å². The van der Waals surface area contributed by atoms with Crippen molar-refractivity contribution >= 4 is 5.91 Å². The molecule has 0 aromatic carbocycles. The van der Waals surface area contributed by atoms with Crippen molar-refractivity contribution in [1.82, 2.24) is 14.5 Å². The minimum Gasteiger partial charge on any atom is -0.376 e. The number of piperidine rings is 1. The van der Waals surface area contributed by atoms with Crippen LogP contribution in [-0.2, 0) is 23.0 Å². The van der Waals surface area contributed by atoms with Gasteiger partial charge < -0.3 is 14.6 Å². The lowest BCUT2D eigenvalue weighted by Crippen LogP contribution is -2.45. The van der Waals surface area contributed by atoms with E-state index in [-0.39, 0.29) is 18.4 Å². The van der Waals surface area contributed by atoms with Gasteiger partial charge in [-0.3, -0.25) is 14.2 Å². The number of amides is 1. The quantitative estimate of drug-likeness (QED) is 0.832. The van der Waals surface area contributed by atoms with E-state index in [2.05, 4.69) is 11.9 Å². The van der Waals surface area contributed by atoms with Crippen LogP contribution >= 0.6 is 0 Å². The van der Waals surface area contributed by atoms with Crippen molar-refractivity contribution in [3.8, 4) is 0 Å². The highest BCUT2D eigenvalue weighted by atomic mass is 16.5. The molecule has 1 aromatic heterocycles. The number of carbonyl (C=O) groups is 1. The molecular formula is C15H23N3O4. The summed E-state index contributed by atoms with van der Waals surface area (Å²) in [4.78, 5) is 39.9. The molecule has 0 aliphatic carbocycles. The summed E-state index contributed by atoms with van der Waals surface area (Å²) >= 11 is 0. The fourth-order valence-electron chi connectivity index (χ4n) is 2.60. The molecule has 1 N–H and O–H groups in total. The Labute approximate surface area is 128 Å². The van der Waals surface area contributed by atoms with E-state index in [0.29, 0.717) is 25.3 Å². The molecule has 1 aliphatic rings. The summed E-state index contributed by atoms with van der Waals surface area (Å²) in [5.41, 5.74) is -0.594. The van der Waals surface area contributed by atoms with E-state index in [1.807, 2.05) is 0 Å². The maximum absolute atomic E-state index is 12.4. The molecule has 7 nitrogen and oxygen atoms in total. The molecule has 1 fully saturated rings. The average Bonchev–Trinajstić information content (AvgIpc) is 2.53. The molecule has 1 atom stereocenters. The molecule has 0 spiro atoms. The number of nitrogens with one attached hydrogen (secondary N) is 1. The Morgan fingerprint density at radius 1 is 1.45 bits per heavy atom. The first-order chi connectivity index (χ1) is 10.5. The van der Waals surface area contributed by atoms with Crippen LogP contribution in [0.3, 0.4) is 0 Å². The van der Waals surface area contributed by atoms with Crippen molar-refractivity contribution in [2.24, 2.45) is 7.05 Å². The van der Waals surface area contributed by atoms with Crippen molar-refractivity contribution in [3.05, 3.63) is 32.6 Å². The van der Waals surface area contributed by atoms with Crippen molar-refractivity contribution in [3.63, 3.8) is 0 Å². The van der Waals surface area contributed by atoms with E-state index in [1.54, 1.807) is 4.90 Å². The van der Waals surface area contributed by atoms with Gasteiger partial charge in [-0.15, -0.1) is 0 Å². The zero-order valence-corrected chi connectivity index (χ0v) is 13.1. The monoisotopic (exact) mass is 309 g/mol. The third-order valence-corrected chi connectivity index (χ3v) is 3.88. The molecular weight excluding hydrogens is 286 g/mol. The van der Waals surface area contributed by atoms with Crippen LogP contribution in [0.25, 0.3) is 0 Å². The molecule has 2 heterocycles. The number of carbonyl (C=O) groups excluding carboxylic acids is 1. The van der Waals surface area contributed by atoms with E-state index in [1.165, 1.54) is 13.2 Å². The van der Waals surface area contributed by atoms with E-state index < -0.39 is 11.2 Å². The van der Waals surface area contributed by atoms with Gasteiger partial charge >= 0.3 is 5.69 Å². The Balaban J connectivity index is 2.01. The second kappa shape index (κ2) is 7.40. The standard InChI is InChI=1S/C15H23N3O4/c1-3-7-22-12-5-4-6-18(10-12)13(19)8-11-9-16-15(21)17(2)14(11)20/h9,12H,3-8,10H2,1-2H3,(H,16,21)/t12-/m0/s1. The average molecular weight is 309 g/mol. The van der Waals surface area contributed by atoms with Crippen LogP contribution in [0.15, 0.2) is 15.8 Å². The summed E-state index contributed by atoms with van der Waals surface area (Å²) in [6, 6.07) is 0. The van der Waals surface area contributed by atoms with Gasteiger partial charge in [-0.05, 0) is 19.3 Å². The van der Waals surface area contributed by atoms with Gasteiger partial charge in [0.05, 0.1) is 12.5 Å². The Bertz CT molecular complexity index is 634. The van der Waals surface area contributed by atoms with Gasteiger partial charge in [0.15, 0.2) is 0 Å². The molecule has 0 bridgehead atoms. The van der Waals surface area contributed by atoms with E-state index in [9.17, 15) is 14.4 Å². The highest BCUT2D eigenvalue weighted by molar-refractivity contribution is 5.78. The Hall–Kier alpha value is -1.89. The second-order valence-corrected chi connectivity index (χ2v) is 5.63. The number of likely N-dealkylation sites (tertiary alicyclic amines) is 1. The minimum atomic E-state index is -0.479.